The number of benzene rings is 1. The van der Waals surface area contributed by atoms with Crippen LogP contribution in [-0.2, 0) is 15.9 Å². The van der Waals surface area contributed by atoms with Gasteiger partial charge in [-0.05, 0) is 30.7 Å². The van der Waals surface area contributed by atoms with Crippen LogP contribution in [0.3, 0.4) is 0 Å². The van der Waals surface area contributed by atoms with Gasteiger partial charge in [-0.2, -0.15) is 0 Å². The van der Waals surface area contributed by atoms with E-state index < -0.39 is 0 Å². The minimum absolute atomic E-state index is 0. The fourth-order valence-electron chi connectivity index (χ4n) is 3.47. The third-order valence-corrected chi connectivity index (χ3v) is 4.89. The summed E-state index contributed by atoms with van der Waals surface area (Å²) in [6.45, 7) is 12.6. The molecule has 0 amide bonds. The number of guanidine groups is 1. The third kappa shape index (κ3) is 9.09. The average molecular weight is 503 g/mol. The highest BCUT2D eigenvalue weighted by molar-refractivity contribution is 14.0. The second-order valence-electron chi connectivity index (χ2n) is 8.17. The van der Waals surface area contributed by atoms with E-state index in [1.54, 1.807) is 7.11 Å². The lowest BCUT2D eigenvalue weighted by Gasteiger charge is -2.26. The molecule has 1 heterocycles. The van der Waals surface area contributed by atoms with E-state index in [-0.39, 0.29) is 29.4 Å². The Morgan fingerprint density at radius 3 is 2.68 bits per heavy atom. The van der Waals surface area contributed by atoms with E-state index >= 15 is 0 Å². The highest BCUT2D eigenvalue weighted by Crippen LogP contribution is 2.23. The van der Waals surface area contributed by atoms with E-state index in [1.807, 2.05) is 0 Å². The van der Waals surface area contributed by atoms with Gasteiger partial charge in [-0.25, -0.2) is 0 Å². The number of halogens is 1. The van der Waals surface area contributed by atoms with E-state index in [1.165, 1.54) is 5.56 Å². The quantitative estimate of drug-likeness (QED) is 0.228. The Morgan fingerprint density at radius 1 is 1.25 bits per heavy atom. The van der Waals surface area contributed by atoms with Gasteiger partial charge in [0.05, 0.1) is 19.8 Å². The van der Waals surface area contributed by atoms with Crippen LogP contribution in [0.25, 0.3) is 0 Å². The highest BCUT2D eigenvalue weighted by Gasteiger charge is 2.26. The topological polar surface area (TPSA) is 46.1 Å². The molecule has 160 valence electrons. The van der Waals surface area contributed by atoms with Crippen molar-refractivity contribution in [1.82, 2.24) is 10.2 Å². The molecule has 1 aromatic carbocycles. The van der Waals surface area contributed by atoms with Crippen LogP contribution in [0.4, 0.5) is 0 Å². The summed E-state index contributed by atoms with van der Waals surface area (Å²) in [6, 6.07) is 10.7. The van der Waals surface area contributed by atoms with Gasteiger partial charge in [0.1, 0.15) is 0 Å². The van der Waals surface area contributed by atoms with Crippen molar-refractivity contribution in [3.05, 3.63) is 35.9 Å². The molecule has 1 aliphatic rings. The molecule has 28 heavy (non-hydrogen) atoms. The minimum Gasteiger partial charge on any atom is -0.382 e. The van der Waals surface area contributed by atoms with Crippen LogP contribution in [0.15, 0.2) is 35.3 Å². The lowest BCUT2D eigenvalue weighted by molar-refractivity contribution is 0.0536. The molecule has 1 saturated heterocycles. The SMILES string of the molecule is CCNC(=NCC(C)(C)Cc1ccccc1)N1CCC(COCCOC)C1.I. The molecule has 0 aliphatic carbocycles. The molecule has 1 fully saturated rings. The maximum Gasteiger partial charge on any atom is 0.193 e. The largest absolute Gasteiger partial charge is 0.382 e. The number of nitrogens with one attached hydrogen (secondary N) is 1. The van der Waals surface area contributed by atoms with Crippen molar-refractivity contribution >= 4 is 29.9 Å². The molecule has 0 saturated carbocycles. The number of likely N-dealkylation sites (tertiary alicyclic amines) is 1. The Labute approximate surface area is 188 Å². The maximum atomic E-state index is 5.71. The molecule has 1 aromatic rings. The van der Waals surface area contributed by atoms with Crippen molar-refractivity contribution in [1.29, 1.82) is 0 Å². The predicted molar refractivity (Wildman–Crippen MR) is 128 cm³/mol. The summed E-state index contributed by atoms with van der Waals surface area (Å²) in [6.07, 6.45) is 2.19. The second-order valence-corrected chi connectivity index (χ2v) is 8.17. The average Bonchev–Trinajstić information content (AvgIpc) is 3.11. The normalized spacial score (nSPS) is 17.5. The summed E-state index contributed by atoms with van der Waals surface area (Å²) in [5, 5.41) is 3.47. The van der Waals surface area contributed by atoms with Crippen LogP contribution >= 0.6 is 24.0 Å². The third-order valence-electron chi connectivity index (χ3n) is 4.89. The molecule has 1 atom stereocenters. The number of hydrogen-bond donors (Lipinski definition) is 1. The number of rotatable bonds is 10. The van der Waals surface area contributed by atoms with Crippen LogP contribution in [0.2, 0.25) is 0 Å². The van der Waals surface area contributed by atoms with Crippen molar-refractivity contribution in [2.24, 2.45) is 16.3 Å². The summed E-state index contributed by atoms with van der Waals surface area (Å²) in [7, 11) is 1.71. The van der Waals surface area contributed by atoms with Gasteiger partial charge in [-0.1, -0.05) is 44.2 Å². The fourth-order valence-corrected chi connectivity index (χ4v) is 3.47. The van der Waals surface area contributed by atoms with Gasteiger partial charge < -0.3 is 19.7 Å². The summed E-state index contributed by atoms with van der Waals surface area (Å²) in [5.41, 5.74) is 1.50. The lowest BCUT2D eigenvalue weighted by Crippen LogP contribution is -2.41. The molecule has 1 N–H and O–H groups in total. The Balaban J connectivity index is 0.00000392. The van der Waals surface area contributed by atoms with E-state index in [0.29, 0.717) is 19.1 Å². The van der Waals surface area contributed by atoms with Gasteiger partial charge >= 0.3 is 0 Å². The number of hydrogen-bond acceptors (Lipinski definition) is 3. The first-order chi connectivity index (χ1) is 13.0. The molecular weight excluding hydrogens is 465 g/mol. The Morgan fingerprint density at radius 2 is 2.00 bits per heavy atom. The van der Waals surface area contributed by atoms with Crippen molar-refractivity contribution in [2.45, 2.75) is 33.6 Å². The Kier molecular flexibility index (Phi) is 12.0. The molecule has 0 aromatic heterocycles. The van der Waals surface area contributed by atoms with Crippen LogP contribution < -0.4 is 5.32 Å². The molecular formula is C22H38IN3O2. The van der Waals surface area contributed by atoms with E-state index in [9.17, 15) is 0 Å². The number of ether oxygens (including phenoxy) is 2. The zero-order valence-electron chi connectivity index (χ0n) is 17.9. The molecule has 2 rings (SSSR count). The summed E-state index contributed by atoms with van der Waals surface area (Å²) >= 11 is 0. The first-order valence-electron chi connectivity index (χ1n) is 10.2. The highest BCUT2D eigenvalue weighted by atomic mass is 127. The van der Waals surface area contributed by atoms with Gasteiger partial charge in [-0.15, -0.1) is 24.0 Å². The van der Waals surface area contributed by atoms with Crippen molar-refractivity contribution in [3.8, 4) is 0 Å². The second kappa shape index (κ2) is 13.4. The van der Waals surface area contributed by atoms with E-state index in [2.05, 4.69) is 61.3 Å². The summed E-state index contributed by atoms with van der Waals surface area (Å²) in [5.74, 6) is 1.61. The van der Waals surface area contributed by atoms with Gasteiger partial charge in [0.15, 0.2) is 5.96 Å². The van der Waals surface area contributed by atoms with Crippen LogP contribution in [-0.4, -0.2) is 64.0 Å². The Bertz CT molecular complexity index is 566. The van der Waals surface area contributed by atoms with E-state index in [0.717, 1.165) is 51.6 Å². The summed E-state index contributed by atoms with van der Waals surface area (Å²) < 4.78 is 10.8. The maximum absolute atomic E-state index is 5.71. The molecule has 0 spiro atoms. The van der Waals surface area contributed by atoms with E-state index in [4.69, 9.17) is 14.5 Å². The molecule has 6 heteroatoms. The van der Waals surface area contributed by atoms with Gasteiger partial charge in [0.2, 0.25) is 0 Å². The molecule has 0 bridgehead atoms. The zero-order valence-corrected chi connectivity index (χ0v) is 20.3. The number of methoxy groups -OCH3 is 1. The number of aliphatic imine (C=N–C) groups is 1. The smallest absolute Gasteiger partial charge is 0.193 e. The first-order valence-corrected chi connectivity index (χ1v) is 10.2. The van der Waals surface area contributed by atoms with Crippen molar-refractivity contribution < 1.29 is 9.47 Å². The zero-order chi connectivity index (χ0) is 19.5. The molecule has 0 radical (unpaired) electrons. The van der Waals surface area contributed by atoms with Crippen molar-refractivity contribution in [3.63, 3.8) is 0 Å². The van der Waals surface area contributed by atoms with Crippen LogP contribution in [0, 0.1) is 11.3 Å². The minimum atomic E-state index is 0. The predicted octanol–water partition coefficient (Wildman–Crippen LogP) is 3.82. The van der Waals surface area contributed by atoms with Crippen molar-refractivity contribution in [2.75, 3.05) is 53.1 Å². The molecule has 1 unspecified atom stereocenters. The molecule has 5 nitrogen and oxygen atoms in total. The standard InChI is InChI=1S/C22H37N3O2.HI/c1-5-23-21(25-12-11-20(16-25)17-27-14-13-26-4)24-18-22(2,3)15-19-9-7-6-8-10-19;/h6-10,20H,5,11-18H2,1-4H3,(H,23,24);1H. The first kappa shape index (κ1) is 25.2. The molecule has 1 aliphatic heterocycles. The monoisotopic (exact) mass is 503 g/mol. The lowest BCUT2D eigenvalue weighted by atomic mass is 9.86. The number of nitrogens with zero attached hydrogens (tertiary/aromatic N) is 2. The summed E-state index contributed by atoms with van der Waals surface area (Å²) in [4.78, 5) is 7.36. The van der Waals surface area contributed by atoms with Crippen LogP contribution in [0.1, 0.15) is 32.8 Å². The Hall–Kier alpha value is -0.860. The van der Waals surface area contributed by atoms with Gasteiger partial charge in [0, 0.05) is 39.2 Å². The van der Waals surface area contributed by atoms with Gasteiger partial charge in [0.25, 0.3) is 0 Å². The van der Waals surface area contributed by atoms with Gasteiger partial charge in [-0.3, -0.25) is 4.99 Å². The fraction of sp³-hybridized carbons (Fsp3) is 0.682. The van der Waals surface area contributed by atoms with Crippen LogP contribution in [0.5, 0.6) is 0 Å².